The Morgan fingerprint density at radius 1 is 1.35 bits per heavy atom. The number of aliphatic carboxylic acids is 1. The predicted octanol–water partition coefficient (Wildman–Crippen LogP) is 1.01. The molecule has 0 bridgehead atoms. The summed E-state index contributed by atoms with van der Waals surface area (Å²) < 4.78 is 0. The number of thiol groups is 1. The average molecular weight is 252 g/mol. The molecule has 1 aromatic carbocycles. The molecular weight excluding hydrogens is 236 g/mol. The first-order valence-corrected chi connectivity index (χ1v) is 6.10. The van der Waals surface area contributed by atoms with E-state index in [4.69, 9.17) is 5.11 Å². The van der Waals surface area contributed by atoms with Gasteiger partial charge in [0.1, 0.15) is 0 Å². The van der Waals surface area contributed by atoms with Crippen molar-refractivity contribution in [3.05, 3.63) is 23.8 Å². The minimum atomic E-state index is -0.810. The molecule has 0 radical (unpaired) electrons. The van der Waals surface area contributed by atoms with E-state index in [1.807, 2.05) is 18.2 Å². The van der Waals surface area contributed by atoms with Gasteiger partial charge in [0.2, 0.25) is 0 Å². The molecule has 1 heterocycles. The molecule has 0 saturated carbocycles. The van der Waals surface area contributed by atoms with Gasteiger partial charge in [-0.3, -0.25) is 4.79 Å². The number of benzene rings is 1. The van der Waals surface area contributed by atoms with Crippen LogP contribution < -0.4 is 10.2 Å². The van der Waals surface area contributed by atoms with Crippen LogP contribution in [-0.2, 0) is 11.2 Å². The van der Waals surface area contributed by atoms with Gasteiger partial charge in [-0.2, -0.15) is 0 Å². The molecule has 0 aromatic heterocycles. The Kier molecular flexibility index (Phi) is 3.91. The lowest BCUT2D eigenvalue weighted by Crippen LogP contribution is -2.43. The van der Waals surface area contributed by atoms with Gasteiger partial charge in [-0.15, -0.1) is 12.6 Å². The van der Waals surface area contributed by atoms with Crippen LogP contribution in [0, 0.1) is 0 Å². The van der Waals surface area contributed by atoms with Gasteiger partial charge in [0, 0.05) is 36.8 Å². The highest BCUT2D eigenvalue weighted by Gasteiger charge is 2.12. The summed E-state index contributed by atoms with van der Waals surface area (Å²) >= 11 is 4.33. The highest BCUT2D eigenvalue weighted by Crippen LogP contribution is 2.22. The molecule has 0 aliphatic carbocycles. The third-order valence-electron chi connectivity index (χ3n) is 2.80. The summed E-state index contributed by atoms with van der Waals surface area (Å²) in [6, 6.07) is 5.74. The van der Waals surface area contributed by atoms with Crippen LogP contribution >= 0.6 is 12.6 Å². The van der Waals surface area contributed by atoms with Crippen LogP contribution in [0.15, 0.2) is 23.1 Å². The van der Waals surface area contributed by atoms with Gasteiger partial charge in [-0.25, -0.2) is 0 Å². The highest BCUT2D eigenvalue weighted by atomic mass is 32.1. The summed E-state index contributed by atoms with van der Waals surface area (Å²) in [4.78, 5) is 13.8. The maximum absolute atomic E-state index is 10.7. The summed E-state index contributed by atoms with van der Waals surface area (Å²) in [6.07, 6.45) is 0.0491. The second-order valence-corrected chi connectivity index (χ2v) is 4.68. The summed E-state index contributed by atoms with van der Waals surface area (Å²) in [5.41, 5.74) is 1.87. The fraction of sp³-hybridized carbons (Fsp3) is 0.417. The van der Waals surface area contributed by atoms with Crippen molar-refractivity contribution in [2.24, 2.45) is 0 Å². The lowest BCUT2D eigenvalue weighted by atomic mass is 10.1. The molecule has 1 saturated heterocycles. The van der Waals surface area contributed by atoms with Crippen LogP contribution in [0.3, 0.4) is 0 Å². The van der Waals surface area contributed by atoms with Gasteiger partial charge in [0.05, 0.1) is 6.42 Å². The van der Waals surface area contributed by atoms with Crippen molar-refractivity contribution in [2.45, 2.75) is 11.3 Å². The minimum Gasteiger partial charge on any atom is -0.481 e. The van der Waals surface area contributed by atoms with Gasteiger partial charge in [-0.05, 0) is 23.8 Å². The van der Waals surface area contributed by atoms with E-state index in [0.29, 0.717) is 0 Å². The number of nitrogens with one attached hydrogen (secondary N) is 1. The molecular formula is C12H16N2O2S. The number of carbonyl (C=O) groups is 1. The zero-order chi connectivity index (χ0) is 12.3. The van der Waals surface area contributed by atoms with E-state index in [-0.39, 0.29) is 6.42 Å². The van der Waals surface area contributed by atoms with Crippen LogP contribution in [0.25, 0.3) is 0 Å². The molecule has 1 aliphatic heterocycles. The summed E-state index contributed by atoms with van der Waals surface area (Å²) in [6.45, 7) is 3.82. The average Bonchev–Trinajstić information content (AvgIpc) is 2.28. The standard InChI is InChI=1S/C12H16N2O2S/c15-12(16)7-9-5-10(8-11(17)6-9)14-3-1-13-2-4-14/h5-6,8,13,17H,1-4,7H2,(H,15,16). The van der Waals surface area contributed by atoms with Crippen LogP contribution in [-0.4, -0.2) is 37.3 Å². The van der Waals surface area contributed by atoms with Crippen molar-refractivity contribution in [1.82, 2.24) is 5.32 Å². The molecule has 1 fully saturated rings. The van der Waals surface area contributed by atoms with Gasteiger partial charge in [-0.1, -0.05) is 0 Å². The Bertz CT molecular complexity index is 417. The first kappa shape index (κ1) is 12.3. The number of rotatable bonds is 3. The molecule has 1 aliphatic rings. The molecule has 92 valence electrons. The van der Waals surface area contributed by atoms with Crippen LogP contribution in [0.4, 0.5) is 5.69 Å². The van der Waals surface area contributed by atoms with E-state index in [9.17, 15) is 4.79 Å². The Labute approximate surface area is 106 Å². The molecule has 2 rings (SSSR count). The number of hydrogen-bond donors (Lipinski definition) is 3. The quantitative estimate of drug-likeness (QED) is 0.703. The second kappa shape index (κ2) is 5.42. The molecule has 0 unspecified atom stereocenters. The second-order valence-electron chi connectivity index (χ2n) is 4.17. The molecule has 2 N–H and O–H groups in total. The number of piperazine rings is 1. The van der Waals surface area contributed by atoms with Crippen molar-refractivity contribution < 1.29 is 9.90 Å². The van der Waals surface area contributed by atoms with E-state index < -0.39 is 5.97 Å². The zero-order valence-corrected chi connectivity index (χ0v) is 10.4. The van der Waals surface area contributed by atoms with E-state index >= 15 is 0 Å². The third kappa shape index (κ3) is 3.38. The molecule has 0 atom stereocenters. The fourth-order valence-corrected chi connectivity index (χ4v) is 2.34. The van der Waals surface area contributed by atoms with E-state index in [0.717, 1.165) is 42.3 Å². The number of carboxylic acids is 1. The van der Waals surface area contributed by atoms with E-state index in [2.05, 4.69) is 22.8 Å². The largest absolute Gasteiger partial charge is 0.481 e. The predicted molar refractivity (Wildman–Crippen MR) is 70.1 cm³/mol. The van der Waals surface area contributed by atoms with Crippen molar-refractivity contribution in [1.29, 1.82) is 0 Å². The molecule has 4 nitrogen and oxygen atoms in total. The molecule has 1 aromatic rings. The molecule has 0 amide bonds. The lowest BCUT2D eigenvalue weighted by Gasteiger charge is -2.30. The van der Waals surface area contributed by atoms with Crippen LogP contribution in [0.1, 0.15) is 5.56 Å². The summed E-state index contributed by atoms with van der Waals surface area (Å²) in [5.74, 6) is -0.810. The zero-order valence-electron chi connectivity index (χ0n) is 9.52. The van der Waals surface area contributed by atoms with Crippen LogP contribution in [0.2, 0.25) is 0 Å². The Morgan fingerprint density at radius 3 is 2.71 bits per heavy atom. The summed E-state index contributed by atoms with van der Waals surface area (Å²) in [5, 5.41) is 12.1. The molecule has 17 heavy (non-hydrogen) atoms. The summed E-state index contributed by atoms with van der Waals surface area (Å²) in [7, 11) is 0. The van der Waals surface area contributed by atoms with Gasteiger partial charge >= 0.3 is 5.97 Å². The minimum absolute atomic E-state index is 0.0491. The Morgan fingerprint density at radius 2 is 2.06 bits per heavy atom. The number of anilines is 1. The normalized spacial score (nSPS) is 15.9. The van der Waals surface area contributed by atoms with Crippen molar-refractivity contribution >= 4 is 24.3 Å². The Balaban J connectivity index is 2.20. The smallest absolute Gasteiger partial charge is 0.307 e. The first-order valence-electron chi connectivity index (χ1n) is 5.65. The fourth-order valence-electron chi connectivity index (χ4n) is 2.04. The van der Waals surface area contributed by atoms with Gasteiger partial charge in [0.25, 0.3) is 0 Å². The third-order valence-corrected chi connectivity index (χ3v) is 3.06. The van der Waals surface area contributed by atoms with Crippen molar-refractivity contribution in [2.75, 3.05) is 31.1 Å². The molecule has 5 heteroatoms. The van der Waals surface area contributed by atoms with Crippen molar-refractivity contribution in [3.63, 3.8) is 0 Å². The highest BCUT2D eigenvalue weighted by molar-refractivity contribution is 7.80. The van der Waals surface area contributed by atoms with Crippen LogP contribution in [0.5, 0.6) is 0 Å². The Hall–Kier alpha value is -1.20. The first-order chi connectivity index (χ1) is 8.15. The van der Waals surface area contributed by atoms with E-state index in [1.165, 1.54) is 0 Å². The maximum atomic E-state index is 10.7. The number of carboxylic acid groups (broad SMARTS) is 1. The van der Waals surface area contributed by atoms with Crippen molar-refractivity contribution in [3.8, 4) is 0 Å². The number of hydrogen-bond acceptors (Lipinski definition) is 4. The SMILES string of the molecule is O=C(O)Cc1cc(S)cc(N2CCNCC2)c1. The topological polar surface area (TPSA) is 52.6 Å². The lowest BCUT2D eigenvalue weighted by molar-refractivity contribution is -0.136. The van der Waals surface area contributed by atoms with E-state index in [1.54, 1.807) is 0 Å². The monoisotopic (exact) mass is 252 g/mol. The molecule has 0 spiro atoms. The van der Waals surface area contributed by atoms with Gasteiger partial charge < -0.3 is 15.3 Å². The maximum Gasteiger partial charge on any atom is 0.307 e. The number of nitrogens with zero attached hydrogens (tertiary/aromatic N) is 1. The van der Waals surface area contributed by atoms with Gasteiger partial charge in [0.15, 0.2) is 0 Å².